The Kier molecular flexibility index (Phi) is 4.16. The standard InChI is InChI=1S/C13H16BrNO/c1-2-7-15-8-9-16-13(10-15)11-3-5-12(14)6-4-11/h2-6,13H,1,7-10H2/t13-/m1/s1. The van der Waals surface area contributed by atoms with Crippen LogP contribution in [0.15, 0.2) is 41.4 Å². The molecule has 0 saturated carbocycles. The minimum atomic E-state index is 0.196. The summed E-state index contributed by atoms with van der Waals surface area (Å²) in [4.78, 5) is 2.36. The molecule has 1 aromatic carbocycles. The molecule has 0 bridgehead atoms. The van der Waals surface area contributed by atoms with Crippen LogP contribution in [-0.4, -0.2) is 31.1 Å². The second kappa shape index (κ2) is 5.62. The molecule has 0 radical (unpaired) electrons. The van der Waals surface area contributed by atoms with Crippen LogP contribution in [0, 0.1) is 0 Å². The van der Waals surface area contributed by atoms with Crippen LogP contribution in [-0.2, 0) is 4.74 Å². The number of hydrogen-bond acceptors (Lipinski definition) is 2. The lowest BCUT2D eigenvalue weighted by Gasteiger charge is -2.32. The summed E-state index contributed by atoms with van der Waals surface area (Å²) in [5, 5.41) is 0. The highest BCUT2D eigenvalue weighted by atomic mass is 79.9. The Labute approximate surface area is 105 Å². The van der Waals surface area contributed by atoms with Crippen molar-refractivity contribution < 1.29 is 4.74 Å². The van der Waals surface area contributed by atoms with E-state index in [-0.39, 0.29) is 6.10 Å². The number of nitrogens with zero attached hydrogens (tertiary/aromatic N) is 1. The van der Waals surface area contributed by atoms with E-state index in [4.69, 9.17) is 4.74 Å². The summed E-state index contributed by atoms with van der Waals surface area (Å²) in [6.45, 7) is 7.47. The topological polar surface area (TPSA) is 12.5 Å². The van der Waals surface area contributed by atoms with Crippen LogP contribution in [0.4, 0.5) is 0 Å². The van der Waals surface area contributed by atoms with Gasteiger partial charge >= 0.3 is 0 Å². The Balaban J connectivity index is 2.03. The van der Waals surface area contributed by atoms with Crippen LogP contribution in [0.1, 0.15) is 11.7 Å². The van der Waals surface area contributed by atoms with Crippen LogP contribution in [0.5, 0.6) is 0 Å². The van der Waals surface area contributed by atoms with Gasteiger partial charge in [-0.05, 0) is 17.7 Å². The lowest BCUT2D eigenvalue weighted by atomic mass is 10.1. The maximum absolute atomic E-state index is 5.79. The third-order valence-electron chi connectivity index (χ3n) is 2.78. The molecule has 1 aromatic rings. The molecular weight excluding hydrogens is 266 g/mol. The van der Waals surface area contributed by atoms with Gasteiger partial charge in [0.05, 0.1) is 12.7 Å². The molecule has 1 aliphatic rings. The van der Waals surface area contributed by atoms with Crippen LogP contribution < -0.4 is 0 Å². The first-order valence-corrected chi connectivity index (χ1v) is 6.29. The van der Waals surface area contributed by atoms with E-state index < -0.39 is 0 Å². The van der Waals surface area contributed by atoms with E-state index in [0.717, 1.165) is 30.7 Å². The van der Waals surface area contributed by atoms with Crippen molar-refractivity contribution in [3.05, 3.63) is 47.0 Å². The molecule has 16 heavy (non-hydrogen) atoms. The van der Waals surface area contributed by atoms with Crippen molar-refractivity contribution in [2.24, 2.45) is 0 Å². The van der Waals surface area contributed by atoms with Gasteiger partial charge in [0.15, 0.2) is 0 Å². The Bertz CT molecular complexity index is 349. The predicted molar refractivity (Wildman–Crippen MR) is 69.5 cm³/mol. The van der Waals surface area contributed by atoms with Crippen molar-refractivity contribution in [2.45, 2.75) is 6.10 Å². The monoisotopic (exact) mass is 281 g/mol. The predicted octanol–water partition coefficient (Wildman–Crippen LogP) is 3.01. The molecule has 2 nitrogen and oxygen atoms in total. The van der Waals surface area contributed by atoms with Crippen LogP contribution >= 0.6 is 15.9 Å². The highest BCUT2D eigenvalue weighted by molar-refractivity contribution is 9.10. The Morgan fingerprint density at radius 1 is 1.44 bits per heavy atom. The van der Waals surface area contributed by atoms with Crippen molar-refractivity contribution >= 4 is 15.9 Å². The molecule has 0 unspecified atom stereocenters. The summed E-state index contributed by atoms with van der Waals surface area (Å²) in [5.74, 6) is 0. The maximum Gasteiger partial charge on any atom is 0.0952 e. The normalized spacial score (nSPS) is 21.9. The number of ether oxygens (including phenoxy) is 1. The van der Waals surface area contributed by atoms with E-state index in [2.05, 4.69) is 51.7 Å². The van der Waals surface area contributed by atoms with Crippen LogP contribution in [0.25, 0.3) is 0 Å². The third-order valence-corrected chi connectivity index (χ3v) is 3.31. The van der Waals surface area contributed by atoms with Gasteiger partial charge in [-0.15, -0.1) is 6.58 Å². The van der Waals surface area contributed by atoms with Crippen molar-refractivity contribution in [2.75, 3.05) is 26.2 Å². The van der Waals surface area contributed by atoms with Gasteiger partial charge in [-0.25, -0.2) is 0 Å². The second-order valence-corrected chi connectivity index (χ2v) is 4.87. The fraction of sp³-hybridized carbons (Fsp3) is 0.385. The van der Waals surface area contributed by atoms with E-state index >= 15 is 0 Å². The van der Waals surface area contributed by atoms with Gasteiger partial charge in [-0.1, -0.05) is 34.1 Å². The van der Waals surface area contributed by atoms with Crippen molar-refractivity contribution in [3.63, 3.8) is 0 Å². The first kappa shape index (κ1) is 11.8. The zero-order valence-electron chi connectivity index (χ0n) is 9.23. The number of benzene rings is 1. The van der Waals surface area contributed by atoms with Gasteiger partial charge < -0.3 is 4.74 Å². The average Bonchev–Trinajstić information content (AvgIpc) is 2.31. The first-order chi connectivity index (χ1) is 7.79. The molecule has 1 atom stereocenters. The molecule has 2 rings (SSSR count). The SMILES string of the molecule is C=CCN1CCO[C@@H](c2ccc(Br)cc2)C1. The molecule has 1 fully saturated rings. The summed E-state index contributed by atoms with van der Waals surface area (Å²) >= 11 is 3.44. The van der Waals surface area contributed by atoms with Gasteiger partial charge in [-0.2, -0.15) is 0 Å². The molecule has 0 spiro atoms. The highest BCUT2D eigenvalue weighted by Crippen LogP contribution is 2.23. The zero-order valence-corrected chi connectivity index (χ0v) is 10.8. The zero-order chi connectivity index (χ0) is 11.4. The van der Waals surface area contributed by atoms with Gasteiger partial charge in [-0.3, -0.25) is 4.90 Å². The average molecular weight is 282 g/mol. The highest BCUT2D eigenvalue weighted by Gasteiger charge is 2.20. The number of morpholine rings is 1. The van der Waals surface area contributed by atoms with Crippen LogP contribution in [0.2, 0.25) is 0 Å². The summed E-state index contributed by atoms with van der Waals surface area (Å²) in [6, 6.07) is 8.36. The molecule has 0 amide bonds. The molecule has 3 heteroatoms. The van der Waals surface area contributed by atoms with E-state index in [0.29, 0.717) is 0 Å². The molecule has 0 aromatic heterocycles. The van der Waals surface area contributed by atoms with Crippen molar-refractivity contribution in [1.82, 2.24) is 4.90 Å². The molecule has 0 N–H and O–H groups in total. The molecule has 1 saturated heterocycles. The number of hydrogen-bond donors (Lipinski definition) is 0. The first-order valence-electron chi connectivity index (χ1n) is 5.50. The largest absolute Gasteiger partial charge is 0.371 e. The maximum atomic E-state index is 5.79. The number of rotatable bonds is 3. The summed E-state index contributed by atoms with van der Waals surface area (Å²) in [5.41, 5.74) is 1.25. The van der Waals surface area contributed by atoms with E-state index in [9.17, 15) is 0 Å². The van der Waals surface area contributed by atoms with E-state index in [1.54, 1.807) is 0 Å². The fourth-order valence-electron chi connectivity index (χ4n) is 1.93. The molecule has 86 valence electrons. The Morgan fingerprint density at radius 3 is 2.88 bits per heavy atom. The van der Waals surface area contributed by atoms with Gasteiger partial charge in [0, 0.05) is 24.1 Å². The van der Waals surface area contributed by atoms with Crippen molar-refractivity contribution in [3.8, 4) is 0 Å². The minimum absolute atomic E-state index is 0.196. The van der Waals surface area contributed by atoms with E-state index in [1.165, 1.54) is 5.56 Å². The number of halogens is 1. The molecule has 0 aliphatic carbocycles. The van der Waals surface area contributed by atoms with E-state index in [1.807, 2.05) is 6.08 Å². The lowest BCUT2D eigenvalue weighted by Crippen LogP contribution is -2.38. The lowest BCUT2D eigenvalue weighted by molar-refractivity contribution is -0.0260. The quantitative estimate of drug-likeness (QED) is 0.790. The smallest absolute Gasteiger partial charge is 0.0952 e. The summed E-state index contributed by atoms with van der Waals surface area (Å²) < 4.78 is 6.90. The Hall–Kier alpha value is -0.640. The fourth-order valence-corrected chi connectivity index (χ4v) is 2.19. The second-order valence-electron chi connectivity index (χ2n) is 3.96. The van der Waals surface area contributed by atoms with Crippen LogP contribution in [0.3, 0.4) is 0 Å². The van der Waals surface area contributed by atoms with Gasteiger partial charge in [0.25, 0.3) is 0 Å². The third kappa shape index (κ3) is 2.94. The summed E-state index contributed by atoms with van der Waals surface area (Å²) in [7, 11) is 0. The molecular formula is C13H16BrNO. The minimum Gasteiger partial charge on any atom is -0.371 e. The molecule has 1 aliphatic heterocycles. The Morgan fingerprint density at radius 2 is 2.19 bits per heavy atom. The molecule has 1 heterocycles. The van der Waals surface area contributed by atoms with Crippen molar-refractivity contribution in [1.29, 1.82) is 0 Å². The van der Waals surface area contributed by atoms with Gasteiger partial charge in [0.1, 0.15) is 0 Å². The summed E-state index contributed by atoms with van der Waals surface area (Å²) in [6.07, 6.45) is 2.14. The van der Waals surface area contributed by atoms with Gasteiger partial charge in [0.2, 0.25) is 0 Å².